The lowest BCUT2D eigenvalue weighted by Gasteiger charge is -2.37. The molecule has 1 aliphatic heterocycles. The number of aryl methyl sites for hydroxylation is 1. The molecule has 1 aromatic rings. The van der Waals surface area contributed by atoms with Crippen LogP contribution in [0.1, 0.15) is 36.2 Å². The molecule has 1 aliphatic rings. The number of benzene rings is 1. The highest BCUT2D eigenvalue weighted by Crippen LogP contribution is 2.29. The summed E-state index contributed by atoms with van der Waals surface area (Å²) < 4.78 is 0. The van der Waals surface area contributed by atoms with Crippen molar-refractivity contribution in [1.29, 1.82) is 0 Å². The van der Waals surface area contributed by atoms with E-state index in [1.807, 2.05) is 19.1 Å². The fourth-order valence-corrected chi connectivity index (χ4v) is 2.94. The van der Waals surface area contributed by atoms with Crippen LogP contribution in [0, 0.1) is 18.8 Å². The maximum Gasteiger partial charge on any atom is 0.337 e. The fraction of sp³-hybridized carbons (Fsp3) is 0.533. The molecule has 1 heterocycles. The van der Waals surface area contributed by atoms with Crippen LogP contribution in [0.2, 0.25) is 0 Å². The minimum absolute atomic E-state index is 0.418. The molecule has 2 rings (SSSR count). The molecule has 0 amide bonds. The monoisotopic (exact) mass is 247 g/mol. The van der Waals surface area contributed by atoms with Crippen LogP contribution < -0.4 is 4.90 Å². The van der Waals surface area contributed by atoms with Crippen LogP contribution in [-0.4, -0.2) is 24.2 Å². The van der Waals surface area contributed by atoms with E-state index in [-0.39, 0.29) is 0 Å². The third kappa shape index (κ3) is 2.66. The molecule has 0 bridgehead atoms. The molecular weight excluding hydrogens is 226 g/mol. The van der Waals surface area contributed by atoms with Crippen LogP contribution in [0.4, 0.5) is 5.69 Å². The Morgan fingerprint density at radius 1 is 1.28 bits per heavy atom. The van der Waals surface area contributed by atoms with Gasteiger partial charge in [-0.25, -0.2) is 4.79 Å². The van der Waals surface area contributed by atoms with E-state index in [1.165, 1.54) is 6.42 Å². The van der Waals surface area contributed by atoms with Crippen LogP contribution in [0.25, 0.3) is 0 Å². The fourth-order valence-electron chi connectivity index (χ4n) is 2.94. The standard InChI is InChI=1S/C15H21NO2/c1-10-4-5-13(15(17)18)14(7-10)16-8-11(2)6-12(3)9-16/h4-5,7,11-12H,6,8-9H2,1-3H3,(H,17,18). The van der Waals surface area contributed by atoms with Crippen molar-refractivity contribution >= 4 is 11.7 Å². The van der Waals surface area contributed by atoms with Gasteiger partial charge in [-0.3, -0.25) is 0 Å². The van der Waals surface area contributed by atoms with E-state index in [2.05, 4.69) is 18.7 Å². The van der Waals surface area contributed by atoms with Crippen molar-refractivity contribution in [2.75, 3.05) is 18.0 Å². The lowest BCUT2D eigenvalue weighted by molar-refractivity contribution is 0.0697. The highest BCUT2D eigenvalue weighted by molar-refractivity contribution is 5.94. The molecule has 98 valence electrons. The van der Waals surface area contributed by atoms with Crippen LogP contribution in [0.5, 0.6) is 0 Å². The Morgan fingerprint density at radius 3 is 2.44 bits per heavy atom. The number of carboxylic acids is 1. The van der Waals surface area contributed by atoms with E-state index < -0.39 is 5.97 Å². The number of aromatic carboxylic acids is 1. The number of carbonyl (C=O) groups is 1. The van der Waals surface area contributed by atoms with Gasteiger partial charge in [-0.2, -0.15) is 0 Å². The van der Waals surface area contributed by atoms with E-state index in [4.69, 9.17) is 0 Å². The molecule has 0 aromatic heterocycles. The molecule has 1 fully saturated rings. The first-order chi connectivity index (χ1) is 8.47. The summed E-state index contributed by atoms with van der Waals surface area (Å²) >= 11 is 0. The summed E-state index contributed by atoms with van der Waals surface area (Å²) in [7, 11) is 0. The van der Waals surface area contributed by atoms with Crippen molar-refractivity contribution < 1.29 is 9.90 Å². The van der Waals surface area contributed by atoms with Crippen molar-refractivity contribution in [3.63, 3.8) is 0 Å². The quantitative estimate of drug-likeness (QED) is 0.872. The Balaban J connectivity index is 2.36. The van der Waals surface area contributed by atoms with Gasteiger partial charge >= 0.3 is 5.97 Å². The predicted octanol–water partition coefficient (Wildman–Crippen LogP) is 3.18. The van der Waals surface area contributed by atoms with Crippen molar-refractivity contribution in [3.8, 4) is 0 Å². The zero-order valence-electron chi connectivity index (χ0n) is 11.3. The van der Waals surface area contributed by atoms with Gasteiger partial charge in [0.05, 0.1) is 11.3 Å². The zero-order chi connectivity index (χ0) is 13.3. The van der Waals surface area contributed by atoms with Gasteiger partial charge in [0, 0.05) is 13.1 Å². The molecule has 0 saturated carbocycles. The minimum atomic E-state index is -0.837. The average molecular weight is 247 g/mol. The summed E-state index contributed by atoms with van der Waals surface area (Å²) in [6, 6.07) is 5.58. The van der Waals surface area contributed by atoms with Crippen molar-refractivity contribution in [1.82, 2.24) is 0 Å². The van der Waals surface area contributed by atoms with E-state index in [1.54, 1.807) is 6.07 Å². The van der Waals surface area contributed by atoms with Gasteiger partial charge in [0.1, 0.15) is 0 Å². The second-order valence-corrected chi connectivity index (χ2v) is 5.68. The molecule has 0 radical (unpaired) electrons. The van der Waals surface area contributed by atoms with Crippen LogP contribution >= 0.6 is 0 Å². The second-order valence-electron chi connectivity index (χ2n) is 5.68. The van der Waals surface area contributed by atoms with Gasteiger partial charge in [-0.1, -0.05) is 19.9 Å². The number of hydrogen-bond donors (Lipinski definition) is 1. The maximum atomic E-state index is 11.3. The molecule has 3 nitrogen and oxygen atoms in total. The highest BCUT2D eigenvalue weighted by Gasteiger charge is 2.25. The van der Waals surface area contributed by atoms with Crippen molar-refractivity contribution in [3.05, 3.63) is 29.3 Å². The Bertz CT molecular complexity index is 446. The lowest BCUT2D eigenvalue weighted by atomic mass is 9.91. The maximum absolute atomic E-state index is 11.3. The van der Waals surface area contributed by atoms with E-state index >= 15 is 0 Å². The Labute approximate surface area is 108 Å². The van der Waals surface area contributed by atoms with Crippen molar-refractivity contribution in [2.24, 2.45) is 11.8 Å². The SMILES string of the molecule is Cc1ccc(C(=O)O)c(N2CC(C)CC(C)C2)c1. The van der Waals surface area contributed by atoms with Gasteiger partial charge in [0.15, 0.2) is 0 Å². The van der Waals surface area contributed by atoms with Crippen LogP contribution in [0.3, 0.4) is 0 Å². The topological polar surface area (TPSA) is 40.5 Å². The van der Waals surface area contributed by atoms with E-state index in [0.717, 1.165) is 24.3 Å². The summed E-state index contributed by atoms with van der Waals surface area (Å²) in [5, 5.41) is 9.29. The lowest BCUT2D eigenvalue weighted by Crippen LogP contribution is -2.39. The smallest absolute Gasteiger partial charge is 0.337 e. The molecule has 18 heavy (non-hydrogen) atoms. The molecule has 2 unspecified atom stereocenters. The predicted molar refractivity (Wildman–Crippen MR) is 73.3 cm³/mol. The first-order valence-electron chi connectivity index (χ1n) is 6.56. The first-order valence-corrected chi connectivity index (χ1v) is 6.56. The Morgan fingerprint density at radius 2 is 1.89 bits per heavy atom. The molecule has 0 spiro atoms. The van der Waals surface area contributed by atoms with E-state index in [0.29, 0.717) is 17.4 Å². The molecule has 2 atom stereocenters. The van der Waals surface area contributed by atoms with Crippen LogP contribution in [0.15, 0.2) is 18.2 Å². The van der Waals surface area contributed by atoms with Gasteiger partial charge in [0.25, 0.3) is 0 Å². The zero-order valence-corrected chi connectivity index (χ0v) is 11.3. The molecule has 3 heteroatoms. The summed E-state index contributed by atoms with van der Waals surface area (Å²) in [5.74, 6) is 0.405. The Kier molecular flexibility index (Phi) is 3.60. The first kappa shape index (κ1) is 12.9. The normalized spacial score (nSPS) is 24.1. The number of hydrogen-bond acceptors (Lipinski definition) is 2. The number of anilines is 1. The minimum Gasteiger partial charge on any atom is -0.478 e. The summed E-state index contributed by atoms with van der Waals surface area (Å²) in [5.41, 5.74) is 2.41. The van der Waals surface area contributed by atoms with Crippen molar-refractivity contribution in [2.45, 2.75) is 27.2 Å². The summed E-state index contributed by atoms with van der Waals surface area (Å²) in [6.45, 7) is 8.38. The van der Waals surface area contributed by atoms with Crippen LogP contribution in [-0.2, 0) is 0 Å². The third-order valence-corrected chi connectivity index (χ3v) is 3.59. The summed E-state index contributed by atoms with van der Waals surface area (Å²) in [6.07, 6.45) is 1.23. The number of nitrogens with zero attached hydrogens (tertiary/aromatic N) is 1. The van der Waals surface area contributed by atoms with Gasteiger partial charge in [-0.05, 0) is 42.9 Å². The van der Waals surface area contributed by atoms with E-state index in [9.17, 15) is 9.90 Å². The number of carboxylic acid groups (broad SMARTS) is 1. The number of rotatable bonds is 2. The second kappa shape index (κ2) is 5.01. The van der Waals surface area contributed by atoms with Gasteiger partial charge in [-0.15, -0.1) is 0 Å². The highest BCUT2D eigenvalue weighted by atomic mass is 16.4. The molecule has 1 aromatic carbocycles. The van der Waals surface area contributed by atoms with Gasteiger partial charge < -0.3 is 10.0 Å². The molecular formula is C15H21NO2. The largest absolute Gasteiger partial charge is 0.478 e. The third-order valence-electron chi connectivity index (χ3n) is 3.59. The summed E-state index contributed by atoms with van der Waals surface area (Å²) in [4.78, 5) is 13.5. The molecule has 1 N–H and O–H groups in total. The Hall–Kier alpha value is -1.51. The van der Waals surface area contributed by atoms with Gasteiger partial charge in [0.2, 0.25) is 0 Å². The molecule has 1 saturated heterocycles. The number of piperidine rings is 1. The molecule has 0 aliphatic carbocycles. The average Bonchev–Trinajstić information content (AvgIpc) is 2.27.